The maximum atomic E-state index is 13.4. The Morgan fingerprint density at radius 3 is 2.35 bits per heavy atom. The molecule has 0 saturated carbocycles. The molecule has 0 aliphatic carbocycles. The first-order valence-corrected chi connectivity index (χ1v) is 5.14. The highest BCUT2D eigenvalue weighted by molar-refractivity contribution is 5.73. The summed E-state index contributed by atoms with van der Waals surface area (Å²) in [6.45, 7) is 1.92. The number of nitrogens with two attached hydrogens (primary N) is 1. The lowest BCUT2D eigenvalue weighted by Crippen LogP contribution is -1.98. The van der Waals surface area contributed by atoms with Gasteiger partial charge in [-0.05, 0) is 36.8 Å². The zero-order chi connectivity index (χ0) is 12.4. The average Bonchev–Trinajstić information content (AvgIpc) is 2.25. The second kappa shape index (κ2) is 4.41. The molecule has 0 aromatic heterocycles. The van der Waals surface area contributed by atoms with Gasteiger partial charge >= 0.3 is 0 Å². The van der Waals surface area contributed by atoms with Gasteiger partial charge < -0.3 is 11.1 Å². The number of aryl methyl sites for hydroxylation is 1. The summed E-state index contributed by atoms with van der Waals surface area (Å²) in [5.74, 6) is -1.25. The van der Waals surface area contributed by atoms with Crippen LogP contribution < -0.4 is 11.1 Å². The monoisotopic (exact) mass is 234 g/mol. The van der Waals surface area contributed by atoms with Crippen LogP contribution in [0.15, 0.2) is 36.4 Å². The van der Waals surface area contributed by atoms with Crippen molar-refractivity contribution < 1.29 is 8.78 Å². The van der Waals surface area contributed by atoms with Gasteiger partial charge in [-0.2, -0.15) is 0 Å². The summed E-state index contributed by atoms with van der Waals surface area (Å²) in [4.78, 5) is 0. The first-order valence-electron chi connectivity index (χ1n) is 5.14. The zero-order valence-electron chi connectivity index (χ0n) is 9.30. The van der Waals surface area contributed by atoms with Gasteiger partial charge in [-0.15, -0.1) is 0 Å². The highest BCUT2D eigenvalue weighted by Crippen LogP contribution is 2.25. The quantitative estimate of drug-likeness (QED) is 0.779. The molecule has 0 aliphatic rings. The van der Waals surface area contributed by atoms with Crippen molar-refractivity contribution in [2.75, 3.05) is 11.1 Å². The van der Waals surface area contributed by atoms with Crippen molar-refractivity contribution in [2.45, 2.75) is 6.92 Å². The highest BCUT2D eigenvalue weighted by atomic mass is 19.1. The second-order valence-corrected chi connectivity index (χ2v) is 3.84. The van der Waals surface area contributed by atoms with Crippen molar-refractivity contribution in [3.05, 3.63) is 53.6 Å². The smallest absolute Gasteiger partial charge is 0.149 e. The van der Waals surface area contributed by atoms with Gasteiger partial charge in [0.25, 0.3) is 0 Å². The molecule has 0 unspecified atom stereocenters. The van der Waals surface area contributed by atoms with Crippen molar-refractivity contribution in [3.63, 3.8) is 0 Å². The number of benzene rings is 2. The van der Waals surface area contributed by atoms with Crippen LogP contribution in [-0.2, 0) is 0 Å². The van der Waals surface area contributed by atoms with E-state index < -0.39 is 11.6 Å². The molecule has 0 fully saturated rings. The van der Waals surface area contributed by atoms with E-state index in [4.69, 9.17) is 5.73 Å². The van der Waals surface area contributed by atoms with E-state index in [0.29, 0.717) is 11.4 Å². The van der Waals surface area contributed by atoms with Crippen LogP contribution in [0.1, 0.15) is 5.56 Å². The average molecular weight is 234 g/mol. The summed E-state index contributed by atoms with van der Waals surface area (Å²) >= 11 is 0. The first kappa shape index (κ1) is 11.4. The van der Waals surface area contributed by atoms with Gasteiger partial charge in [0.1, 0.15) is 11.6 Å². The maximum Gasteiger partial charge on any atom is 0.149 e. The summed E-state index contributed by atoms with van der Waals surface area (Å²) in [5, 5.41) is 2.83. The molecular formula is C13H12F2N2. The maximum absolute atomic E-state index is 13.4. The molecule has 2 nitrogen and oxygen atoms in total. The van der Waals surface area contributed by atoms with E-state index in [1.165, 1.54) is 12.1 Å². The first-order chi connectivity index (χ1) is 8.06. The van der Waals surface area contributed by atoms with Crippen LogP contribution in [0.5, 0.6) is 0 Å². The normalized spacial score (nSPS) is 10.3. The van der Waals surface area contributed by atoms with Crippen LogP contribution in [-0.4, -0.2) is 0 Å². The molecule has 2 aromatic rings. The van der Waals surface area contributed by atoms with Gasteiger partial charge in [-0.3, -0.25) is 0 Å². The van der Waals surface area contributed by atoms with Crippen LogP contribution in [0, 0.1) is 18.6 Å². The van der Waals surface area contributed by atoms with Gasteiger partial charge in [0.2, 0.25) is 0 Å². The minimum atomic E-state index is -0.648. The van der Waals surface area contributed by atoms with Crippen LogP contribution in [0.25, 0.3) is 0 Å². The number of halogens is 2. The van der Waals surface area contributed by atoms with E-state index in [1.807, 2.05) is 13.0 Å². The fourth-order valence-electron chi connectivity index (χ4n) is 1.53. The summed E-state index contributed by atoms with van der Waals surface area (Å²) in [7, 11) is 0. The van der Waals surface area contributed by atoms with Crippen molar-refractivity contribution in [2.24, 2.45) is 0 Å². The molecule has 3 N–H and O–H groups in total. The Morgan fingerprint density at radius 2 is 1.71 bits per heavy atom. The Labute approximate surface area is 98.1 Å². The summed E-state index contributed by atoms with van der Waals surface area (Å²) in [5.41, 5.74) is 8.13. The minimum absolute atomic E-state index is 0.196. The number of nitrogen functional groups attached to an aromatic ring is 1. The van der Waals surface area contributed by atoms with Gasteiger partial charge in [0.15, 0.2) is 0 Å². The number of hydrogen-bond donors (Lipinski definition) is 2. The largest absolute Gasteiger partial charge is 0.397 e. The zero-order valence-corrected chi connectivity index (χ0v) is 9.30. The standard InChI is InChI=1S/C13H12F2N2/c1-8-2-4-13(11(16)6-8)17-12-5-3-9(14)7-10(12)15/h2-7,17H,16H2,1H3. The lowest BCUT2D eigenvalue weighted by molar-refractivity contribution is 0.586. The molecule has 88 valence electrons. The lowest BCUT2D eigenvalue weighted by Gasteiger charge is -2.10. The second-order valence-electron chi connectivity index (χ2n) is 3.84. The summed E-state index contributed by atoms with van der Waals surface area (Å²) in [6, 6.07) is 8.75. The fraction of sp³-hybridized carbons (Fsp3) is 0.0769. The number of rotatable bonds is 2. The van der Waals surface area contributed by atoms with E-state index in [9.17, 15) is 8.78 Å². The molecule has 17 heavy (non-hydrogen) atoms. The van der Waals surface area contributed by atoms with Crippen LogP contribution in [0.2, 0.25) is 0 Å². The minimum Gasteiger partial charge on any atom is -0.397 e. The van der Waals surface area contributed by atoms with Gasteiger partial charge in [-0.1, -0.05) is 6.07 Å². The molecule has 2 rings (SSSR count). The van der Waals surface area contributed by atoms with E-state index in [0.717, 1.165) is 11.6 Å². The molecular weight excluding hydrogens is 222 g/mol. The van der Waals surface area contributed by atoms with Gasteiger partial charge in [0, 0.05) is 6.07 Å². The van der Waals surface area contributed by atoms with Crippen molar-refractivity contribution in [1.82, 2.24) is 0 Å². The fourth-order valence-corrected chi connectivity index (χ4v) is 1.53. The molecule has 0 spiro atoms. The van der Waals surface area contributed by atoms with E-state index in [1.54, 1.807) is 12.1 Å². The van der Waals surface area contributed by atoms with Gasteiger partial charge in [0.05, 0.1) is 17.1 Å². The topological polar surface area (TPSA) is 38.0 Å². The predicted octanol–water partition coefficient (Wildman–Crippen LogP) is 3.60. The molecule has 0 aliphatic heterocycles. The summed E-state index contributed by atoms with van der Waals surface area (Å²) < 4.78 is 26.1. The predicted molar refractivity (Wildman–Crippen MR) is 65.2 cm³/mol. The Bertz CT molecular complexity index is 504. The molecule has 2 aromatic carbocycles. The van der Waals surface area contributed by atoms with Crippen LogP contribution in [0.3, 0.4) is 0 Å². The third-order valence-corrected chi connectivity index (χ3v) is 2.41. The molecule has 0 saturated heterocycles. The van der Waals surface area contributed by atoms with Crippen molar-refractivity contribution >= 4 is 17.1 Å². The molecule has 0 amide bonds. The summed E-state index contributed by atoms with van der Waals surface area (Å²) in [6.07, 6.45) is 0. The SMILES string of the molecule is Cc1ccc(Nc2ccc(F)cc2F)c(N)c1. The third-order valence-electron chi connectivity index (χ3n) is 2.41. The van der Waals surface area contributed by atoms with Crippen LogP contribution >= 0.6 is 0 Å². The van der Waals surface area contributed by atoms with Crippen molar-refractivity contribution in [1.29, 1.82) is 0 Å². The number of hydrogen-bond acceptors (Lipinski definition) is 2. The molecule has 4 heteroatoms. The Kier molecular flexibility index (Phi) is 2.95. The van der Waals surface area contributed by atoms with E-state index in [-0.39, 0.29) is 5.69 Å². The molecule has 0 heterocycles. The Hall–Kier alpha value is -2.10. The molecule has 0 bridgehead atoms. The highest BCUT2D eigenvalue weighted by Gasteiger charge is 2.05. The van der Waals surface area contributed by atoms with Crippen molar-refractivity contribution in [3.8, 4) is 0 Å². The van der Waals surface area contributed by atoms with E-state index >= 15 is 0 Å². The number of anilines is 3. The number of nitrogens with one attached hydrogen (secondary N) is 1. The van der Waals surface area contributed by atoms with E-state index in [2.05, 4.69) is 5.32 Å². The van der Waals surface area contributed by atoms with Crippen LogP contribution in [0.4, 0.5) is 25.8 Å². The Morgan fingerprint density at radius 1 is 1.00 bits per heavy atom. The molecule has 0 radical (unpaired) electrons. The Balaban J connectivity index is 2.31. The lowest BCUT2D eigenvalue weighted by atomic mass is 10.2. The van der Waals surface area contributed by atoms with Gasteiger partial charge in [-0.25, -0.2) is 8.78 Å². The third kappa shape index (κ3) is 2.53. The molecule has 0 atom stereocenters.